The van der Waals surface area contributed by atoms with Crippen LogP contribution in [0.4, 0.5) is 0 Å². The van der Waals surface area contributed by atoms with Crippen LogP contribution in [-0.4, -0.2) is 24.5 Å². The van der Waals surface area contributed by atoms with Gasteiger partial charge >= 0.3 is 0 Å². The molecule has 2 heteroatoms. The van der Waals surface area contributed by atoms with Crippen LogP contribution in [0, 0.1) is 11.8 Å². The third kappa shape index (κ3) is 8.92. The van der Waals surface area contributed by atoms with Crippen LogP contribution in [-0.2, 0) is 12.0 Å². The lowest BCUT2D eigenvalue weighted by Gasteiger charge is -2.29. The lowest BCUT2D eigenvalue weighted by molar-refractivity contribution is 0.220. The van der Waals surface area contributed by atoms with Crippen LogP contribution >= 0.6 is 0 Å². The Kier molecular flexibility index (Phi) is 11.1. The molecule has 0 heterocycles. The summed E-state index contributed by atoms with van der Waals surface area (Å²) < 4.78 is 0. The van der Waals surface area contributed by atoms with E-state index in [-0.39, 0.29) is 5.41 Å². The molecule has 0 saturated heterocycles. The number of rotatable bonds is 12. The van der Waals surface area contributed by atoms with Crippen molar-refractivity contribution in [2.24, 2.45) is 17.6 Å². The third-order valence-electron chi connectivity index (χ3n) is 6.18. The molecule has 0 aliphatic carbocycles. The van der Waals surface area contributed by atoms with E-state index < -0.39 is 0 Å². The zero-order chi connectivity index (χ0) is 21.2. The van der Waals surface area contributed by atoms with Crippen LogP contribution in [0.5, 0.6) is 0 Å². The van der Waals surface area contributed by atoms with Crippen LogP contribution in [0.15, 0.2) is 35.9 Å². The number of nitrogens with two attached hydrogens (primary N) is 1. The number of hydrogen-bond donors (Lipinski definition) is 1. The molecule has 160 valence electrons. The first-order valence-electron chi connectivity index (χ1n) is 11.4. The number of hydrogen-bond acceptors (Lipinski definition) is 2. The van der Waals surface area contributed by atoms with E-state index in [4.69, 9.17) is 5.73 Å². The largest absolute Gasteiger partial charge is 0.330 e. The van der Waals surface area contributed by atoms with E-state index >= 15 is 0 Å². The van der Waals surface area contributed by atoms with Crippen molar-refractivity contribution in [1.82, 2.24) is 4.90 Å². The Bertz CT molecular complexity index is 561. The first kappa shape index (κ1) is 24.9. The van der Waals surface area contributed by atoms with E-state index in [1.807, 2.05) is 0 Å². The highest BCUT2D eigenvalue weighted by Crippen LogP contribution is 2.24. The molecule has 0 amide bonds. The zero-order valence-corrected chi connectivity index (χ0v) is 19.7. The van der Waals surface area contributed by atoms with Crippen LogP contribution in [0.2, 0.25) is 0 Å². The summed E-state index contributed by atoms with van der Waals surface area (Å²) in [7, 11) is 0. The molecule has 28 heavy (non-hydrogen) atoms. The van der Waals surface area contributed by atoms with E-state index in [2.05, 4.69) is 83.7 Å². The highest BCUT2D eigenvalue weighted by Gasteiger charge is 2.17. The second-order valence-corrected chi connectivity index (χ2v) is 9.61. The molecule has 1 rings (SSSR count). The minimum Gasteiger partial charge on any atom is -0.330 e. The summed E-state index contributed by atoms with van der Waals surface area (Å²) in [5.74, 6) is 1.43. The molecule has 0 aliphatic heterocycles. The van der Waals surface area contributed by atoms with Crippen molar-refractivity contribution in [1.29, 1.82) is 0 Å². The summed E-state index contributed by atoms with van der Waals surface area (Å²) in [5.41, 5.74) is 10.4. The van der Waals surface area contributed by atoms with Crippen molar-refractivity contribution in [2.75, 3.05) is 19.6 Å². The average Bonchev–Trinajstić information content (AvgIpc) is 2.67. The maximum atomic E-state index is 5.92. The summed E-state index contributed by atoms with van der Waals surface area (Å²) in [6.07, 6.45) is 7.25. The van der Waals surface area contributed by atoms with Gasteiger partial charge in [-0.2, -0.15) is 0 Å². The molecule has 2 unspecified atom stereocenters. The topological polar surface area (TPSA) is 29.3 Å². The van der Waals surface area contributed by atoms with E-state index in [1.54, 1.807) is 0 Å². The Labute approximate surface area is 175 Å². The Balaban J connectivity index is 2.81. The fourth-order valence-corrected chi connectivity index (χ4v) is 3.75. The second kappa shape index (κ2) is 12.4. The SMILES string of the molecule is C/C=C(\C)CN(Cc1ccc(C(C)(C)C)cc1)CC(CC)CCC(CC)CN. The Morgan fingerprint density at radius 2 is 1.61 bits per heavy atom. The molecule has 2 atom stereocenters. The fraction of sp³-hybridized carbons (Fsp3) is 0.692. The van der Waals surface area contributed by atoms with Gasteiger partial charge in [-0.1, -0.05) is 83.4 Å². The Morgan fingerprint density at radius 1 is 1.04 bits per heavy atom. The van der Waals surface area contributed by atoms with Gasteiger partial charge in [0.1, 0.15) is 0 Å². The highest BCUT2D eigenvalue weighted by molar-refractivity contribution is 5.27. The zero-order valence-electron chi connectivity index (χ0n) is 19.7. The molecule has 0 aromatic heterocycles. The first-order chi connectivity index (χ1) is 13.2. The minimum absolute atomic E-state index is 0.214. The van der Waals surface area contributed by atoms with Crippen molar-refractivity contribution in [3.8, 4) is 0 Å². The summed E-state index contributed by atoms with van der Waals surface area (Å²) in [6.45, 7) is 19.9. The summed E-state index contributed by atoms with van der Waals surface area (Å²) >= 11 is 0. The van der Waals surface area contributed by atoms with Crippen LogP contribution in [0.1, 0.15) is 85.3 Å². The molecule has 2 N–H and O–H groups in total. The Morgan fingerprint density at radius 3 is 2.07 bits per heavy atom. The molecule has 1 aromatic rings. The molecule has 0 saturated carbocycles. The van der Waals surface area contributed by atoms with Crippen LogP contribution in [0.25, 0.3) is 0 Å². The van der Waals surface area contributed by atoms with Crippen LogP contribution < -0.4 is 5.73 Å². The monoisotopic (exact) mass is 386 g/mol. The molecule has 0 radical (unpaired) electrons. The molecule has 0 spiro atoms. The first-order valence-corrected chi connectivity index (χ1v) is 11.4. The molecular formula is C26H46N2. The van der Waals surface area contributed by atoms with Gasteiger partial charge < -0.3 is 5.73 Å². The lowest BCUT2D eigenvalue weighted by Crippen LogP contribution is -2.31. The summed E-state index contributed by atoms with van der Waals surface area (Å²) in [6, 6.07) is 9.25. The quantitative estimate of drug-likeness (QED) is 0.413. The van der Waals surface area contributed by atoms with Crippen LogP contribution in [0.3, 0.4) is 0 Å². The third-order valence-corrected chi connectivity index (χ3v) is 6.18. The van der Waals surface area contributed by atoms with Crippen molar-refractivity contribution in [2.45, 2.75) is 86.1 Å². The van der Waals surface area contributed by atoms with Gasteiger partial charge in [-0.25, -0.2) is 0 Å². The van der Waals surface area contributed by atoms with E-state index in [0.717, 1.165) is 25.6 Å². The maximum absolute atomic E-state index is 5.92. The second-order valence-electron chi connectivity index (χ2n) is 9.61. The van der Waals surface area contributed by atoms with Crippen molar-refractivity contribution in [3.05, 3.63) is 47.0 Å². The molecule has 0 aliphatic rings. The van der Waals surface area contributed by atoms with Gasteiger partial charge in [0.2, 0.25) is 0 Å². The summed E-state index contributed by atoms with van der Waals surface area (Å²) in [4.78, 5) is 2.64. The predicted octanol–water partition coefficient (Wildman–Crippen LogP) is 6.54. The van der Waals surface area contributed by atoms with Gasteiger partial charge in [-0.3, -0.25) is 4.90 Å². The van der Waals surface area contributed by atoms with Gasteiger partial charge in [-0.15, -0.1) is 0 Å². The van der Waals surface area contributed by atoms with Crippen molar-refractivity contribution < 1.29 is 0 Å². The van der Waals surface area contributed by atoms with Gasteiger partial charge in [0.05, 0.1) is 0 Å². The lowest BCUT2D eigenvalue weighted by atomic mass is 9.86. The average molecular weight is 387 g/mol. The minimum atomic E-state index is 0.214. The standard InChI is InChI=1S/C26H46N2/c1-8-21(4)18-28(19-23(10-3)12-11-22(9-2)17-27)20-24-13-15-25(16-14-24)26(5,6)7/h8,13-16,22-23H,9-12,17-20,27H2,1-7H3/b21-8+. The summed E-state index contributed by atoms with van der Waals surface area (Å²) in [5, 5.41) is 0. The van der Waals surface area contributed by atoms with E-state index in [9.17, 15) is 0 Å². The smallest absolute Gasteiger partial charge is 0.0237 e. The van der Waals surface area contributed by atoms with Crippen molar-refractivity contribution >= 4 is 0 Å². The maximum Gasteiger partial charge on any atom is 0.0237 e. The highest BCUT2D eigenvalue weighted by atomic mass is 15.1. The van der Waals surface area contributed by atoms with Gasteiger partial charge in [0, 0.05) is 19.6 Å². The van der Waals surface area contributed by atoms with E-state index in [0.29, 0.717) is 5.92 Å². The fourth-order valence-electron chi connectivity index (χ4n) is 3.75. The predicted molar refractivity (Wildman–Crippen MR) is 126 cm³/mol. The van der Waals surface area contributed by atoms with E-state index in [1.165, 1.54) is 48.9 Å². The molecule has 1 aromatic carbocycles. The molecule has 2 nitrogen and oxygen atoms in total. The van der Waals surface area contributed by atoms with Gasteiger partial charge in [-0.05, 0) is 61.6 Å². The normalized spacial score (nSPS) is 15.1. The van der Waals surface area contributed by atoms with Crippen molar-refractivity contribution in [3.63, 3.8) is 0 Å². The Hall–Kier alpha value is -1.12. The number of benzene rings is 1. The number of allylic oxidation sites excluding steroid dienone is 1. The molecule has 0 fully saturated rings. The molecule has 0 bridgehead atoms. The van der Waals surface area contributed by atoms with Gasteiger partial charge in [0.15, 0.2) is 0 Å². The molecular weight excluding hydrogens is 340 g/mol. The van der Waals surface area contributed by atoms with Gasteiger partial charge in [0.25, 0.3) is 0 Å². The number of nitrogens with zero attached hydrogens (tertiary/aromatic N) is 1.